The first kappa shape index (κ1) is 14.3. The van der Waals surface area contributed by atoms with Crippen LogP contribution >= 0.6 is 0 Å². The van der Waals surface area contributed by atoms with Gasteiger partial charge in [0.1, 0.15) is 11.5 Å². The van der Waals surface area contributed by atoms with Gasteiger partial charge in [-0.15, -0.1) is 0 Å². The van der Waals surface area contributed by atoms with Crippen LogP contribution in [0.2, 0.25) is 0 Å². The zero-order valence-corrected chi connectivity index (χ0v) is 11.5. The van der Waals surface area contributed by atoms with Crippen LogP contribution in [-0.2, 0) is 0 Å². The molecule has 0 aromatic heterocycles. The average Bonchev–Trinajstić information content (AvgIpc) is 2.43. The van der Waals surface area contributed by atoms with Crippen molar-refractivity contribution in [3.8, 4) is 17.2 Å². The summed E-state index contributed by atoms with van der Waals surface area (Å²) in [7, 11) is 0. The van der Waals surface area contributed by atoms with Gasteiger partial charge in [-0.1, -0.05) is 6.07 Å². The first-order chi connectivity index (χ1) is 9.60. The molecule has 0 amide bonds. The number of rotatable bonds is 5. The standard InChI is InChI=1S/C16H17FO3/c1-3-19-13-5-7-14(8-6-13)20-16-9-4-12(11(2)18)10-15(16)17/h4-11,18H,3H2,1-2H3/t11-/m1/s1. The summed E-state index contributed by atoms with van der Waals surface area (Å²) in [6.07, 6.45) is -0.705. The summed E-state index contributed by atoms with van der Waals surface area (Å²) in [6.45, 7) is 4.08. The van der Waals surface area contributed by atoms with Crippen LogP contribution in [0.25, 0.3) is 0 Å². The summed E-state index contributed by atoms with van der Waals surface area (Å²) in [4.78, 5) is 0. The molecule has 0 unspecified atom stereocenters. The van der Waals surface area contributed by atoms with Crippen LogP contribution in [0.1, 0.15) is 25.5 Å². The Morgan fingerprint density at radius 2 is 1.75 bits per heavy atom. The molecule has 2 aromatic carbocycles. The average molecular weight is 276 g/mol. The molecule has 0 aliphatic carbocycles. The largest absolute Gasteiger partial charge is 0.494 e. The fourth-order valence-electron chi connectivity index (χ4n) is 1.76. The number of hydrogen-bond donors (Lipinski definition) is 1. The highest BCUT2D eigenvalue weighted by Gasteiger charge is 2.09. The van der Waals surface area contributed by atoms with Crippen LogP contribution in [0.4, 0.5) is 4.39 Å². The molecule has 0 bridgehead atoms. The van der Waals surface area contributed by atoms with Crippen LogP contribution in [-0.4, -0.2) is 11.7 Å². The predicted octanol–water partition coefficient (Wildman–Crippen LogP) is 4.07. The normalized spacial score (nSPS) is 12.0. The molecule has 0 radical (unpaired) electrons. The molecule has 1 N–H and O–H groups in total. The van der Waals surface area contributed by atoms with Gasteiger partial charge in [0.15, 0.2) is 11.6 Å². The van der Waals surface area contributed by atoms with Crippen LogP contribution in [0, 0.1) is 5.82 Å². The molecule has 0 heterocycles. The van der Waals surface area contributed by atoms with E-state index in [0.717, 1.165) is 5.75 Å². The maximum absolute atomic E-state index is 13.8. The molecule has 0 saturated heterocycles. The summed E-state index contributed by atoms with van der Waals surface area (Å²) in [5, 5.41) is 9.39. The summed E-state index contributed by atoms with van der Waals surface area (Å²) in [5.41, 5.74) is 0.515. The number of halogens is 1. The van der Waals surface area contributed by atoms with Crippen molar-refractivity contribution in [2.45, 2.75) is 20.0 Å². The lowest BCUT2D eigenvalue weighted by Crippen LogP contribution is -1.95. The zero-order valence-electron chi connectivity index (χ0n) is 11.5. The number of aliphatic hydroxyl groups excluding tert-OH is 1. The Balaban J connectivity index is 2.13. The molecule has 0 spiro atoms. The lowest BCUT2D eigenvalue weighted by molar-refractivity contribution is 0.198. The minimum Gasteiger partial charge on any atom is -0.494 e. The lowest BCUT2D eigenvalue weighted by atomic mass is 10.1. The van der Waals surface area contributed by atoms with E-state index < -0.39 is 11.9 Å². The Bertz CT molecular complexity index is 564. The van der Waals surface area contributed by atoms with E-state index in [2.05, 4.69) is 0 Å². The van der Waals surface area contributed by atoms with E-state index in [4.69, 9.17) is 9.47 Å². The number of benzene rings is 2. The smallest absolute Gasteiger partial charge is 0.166 e. The van der Waals surface area contributed by atoms with E-state index in [-0.39, 0.29) is 5.75 Å². The predicted molar refractivity (Wildman–Crippen MR) is 74.7 cm³/mol. The number of hydrogen-bond acceptors (Lipinski definition) is 3. The first-order valence-electron chi connectivity index (χ1n) is 6.48. The van der Waals surface area contributed by atoms with Gasteiger partial charge in [-0.25, -0.2) is 4.39 Å². The zero-order chi connectivity index (χ0) is 14.5. The van der Waals surface area contributed by atoms with Crippen LogP contribution < -0.4 is 9.47 Å². The molecular weight excluding hydrogens is 259 g/mol. The fraction of sp³-hybridized carbons (Fsp3) is 0.250. The van der Waals surface area contributed by atoms with Gasteiger partial charge in [0, 0.05) is 0 Å². The van der Waals surface area contributed by atoms with Crippen molar-refractivity contribution in [3.05, 3.63) is 53.8 Å². The molecule has 0 fully saturated rings. The van der Waals surface area contributed by atoms with Crippen LogP contribution in [0.3, 0.4) is 0 Å². The topological polar surface area (TPSA) is 38.7 Å². The van der Waals surface area contributed by atoms with Gasteiger partial charge in [-0.05, 0) is 55.8 Å². The third-order valence-corrected chi connectivity index (χ3v) is 2.80. The minimum atomic E-state index is -0.705. The molecule has 20 heavy (non-hydrogen) atoms. The maximum atomic E-state index is 13.8. The lowest BCUT2D eigenvalue weighted by Gasteiger charge is -2.10. The Labute approximate surface area is 117 Å². The second kappa shape index (κ2) is 6.39. The van der Waals surface area contributed by atoms with Crippen LogP contribution in [0.5, 0.6) is 17.2 Å². The quantitative estimate of drug-likeness (QED) is 0.894. The van der Waals surface area contributed by atoms with Gasteiger partial charge < -0.3 is 14.6 Å². The van der Waals surface area contributed by atoms with E-state index in [1.807, 2.05) is 6.92 Å². The molecule has 106 valence electrons. The molecular formula is C16H17FO3. The van der Waals surface area contributed by atoms with Crippen molar-refractivity contribution in [3.63, 3.8) is 0 Å². The van der Waals surface area contributed by atoms with Gasteiger partial charge in [-0.3, -0.25) is 0 Å². The van der Waals surface area contributed by atoms with Crippen molar-refractivity contribution >= 4 is 0 Å². The Morgan fingerprint density at radius 3 is 2.30 bits per heavy atom. The SMILES string of the molecule is CCOc1ccc(Oc2ccc([C@@H](C)O)cc2F)cc1. The second-order valence-corrected chi connectivity index (χ2v) is 4.37. The molecule has 2 rings (SSSR count). The summed E-state index contributed by atoms with van der Waals surface area (Å²) in [5.74, 6) is 0.887. The van der Waals surface area contributed by atoms with E-state index in [9.17, 15) is 9.50 Å². The van der Waals surface area contributed by atoms with Crippen molar-refractivity contribution in [1.82, 2.24) is 0 Å². The molecule has 2 aromatic rings. The van der Waals surface area contributed by atoms with E-state index >= 15 is 0 Å². The van der Waals surface area contributed by atoms with Gasteiger partial charge in [0.05, 0.1) is 12.7 Å². The fourth-order valence-corrected chi connectivity index (χ4v) is 1.76. The highest BCUT2D eigenvalue weighted by molar-refractivity contribution is 5.37. The first-order valence-corrected chi connectivity index (χ1v) is 6.48. The van der Waals surface area contributed by atoms with Crippen molar-refractivity contribution in [1.29, 1.82) is 0 Å². The van der Waals surface area contributed by atoms with Gasteiger partial charge in [0.2, 0.25) is 0 Å². The number of aliphatic hydroxyl groups is 1. The highest BCUT2D eigenvalue weighted by Crippen LogP contribution is 2.28. The van der Waals surface area contributed by atoms with Gasteiger partial charge in [-0.2, -0.15) is 0 Å². The molecule has 0 aliphatic rings. The third-order valence-electron chi connectivity index (χ3n) is 2.80. The Hall–Kier alpha value is -2.07. The second-order valence-electron chi connectivity index (χ2n) is 4.37. The minimum absolute atomic E-state index is 0.124. The Morgan fingerprint density at radius 1 is 1.10 bits per heavy atom. The maximum Gasteiger partial charge on any atom is 0.166 e. The van der Waals surface area contributed by atoms with E-state index in [0.29, 0.717) is 17.9 Å². The summed E-state index contributed by atoms with van der Waals surface area (Å²) in [6, 6.07) is 11.4. The molecule has 1 atom stereocenters. The molecule has 4 heteroatoms. The molecule has 0 aliphatic heterocycles. The number of ether oxygens (including phenoxy) is 2. The Kier molecular flexibility index (Phi) is 4.58. The van der Waals surface area contributed by atoms with Crippen LogP contribution in [0.15, 0.2) is 42.5 Å². The monoisotopic (exact) mass is 276 g/mol. The summed E-state index contributed by atoms with van der Waals surface area (Å²) < 4.78 is 24.6. The van der Waals surface area contributed by atoms with Gasteiger partial charge in [0.25, 0.3) is 0 Å². The summed E-state index contributed by atoms with van der Waals surface area (Å²) >= 11 is 0. The van der Waals surface area contributed by atoms with Crippen molar-refractivity contribution < 1.29 is 19.0 Å². The van der Waals surface area contributed by atoms with Gasteiger partial charge >= 0.3 is 0 Å². The van der Waals surface area contributed by atoms with E-state index in [1.54, 1.807) is 37.3 Å². The highest BCUT2D eigenvalue weighted by atomic mass is 19.1. The molecule has 3 nitrogen and oxygen atoms in total. The van der Waals surface area contributed by atoms with Crippen molar-refractivity contribution in [2.24, 2.45) is 0 Å². The van der Waals surface area contributed by atoms with Crippen molar-refractivity contribution in [2.75, 3.05) is 6.61 Å². The third kappa shape index (κ3) is 3.48. The molecule has 0 saturated carbocycles. The van der Waals surface area contributed by atoms with E-state index in [1.165, 1.54) is 12.1 Å².